The first-order valence-electron chi connectivity index (χ1n) is 5.41. The first kappa shape index (κ1) is 14.5. The largest absolute Gasteiger partial charge is 0.478 e. The molecule has 0 aromatic heterocycles. The first-order chi connectivity index (χ1) is 8.06. The number of hydrogen-bond donors (Lipinski definition) is 2. The maximum absolute atomic E-state index is 12.0. The van der Waals surface area contributed by atoms with Gasteiger partial charge in [0.05, 0.1) is 16.0 Å². The molecule has 1 aromatic rings. The third-order valence-corrected chi connectivity index (χ3v) is 4.72. The molecule has 0 amide bonds. The van der Waals surface area contributed by atoms with Crippen LogP contribution in [0.2, 0.25) is 0 Å². The number of nitrogens with one attached hydrogen (secondary N) is 1. The minimum absolute atomic E-state index is 0.0871. The highest BCUT2D eigenvalue weighted by molar-refractivity contribution is 7.94. The molecule has 0 aliphatic rings. The maximum atomic E-state index is 12.0. The molecule has 1 aromatic carbocycles. The fourth-order valence-electron chi connectivity index (χ4n) is 1.28. The average Bonchev–Trinajstić information content (AvgIpc) is 2.18. The molecule has 100 valence electrons. The van der Waals surface area contributed by atoms with Crippen molar-refractivity contribution in [2.75, 3.05) is 4.72 Å². The van der Waals surface area contributed by atoms with Crippen molar-refractivity contribution in [2.24, 2.45) is 0 Å². The summed E-state index contributed by atoms with van der Waals surface area (Å²) in [4.78, 5) is 11.0. The highest BCUT2D eigenvalue weighted by Crippen LogP contribution is 2.24. The smallest absolute Gasteiger partial charge is 0.336 e. The Morgan fingerprint density at radius 1 is 1.28 bits per heavy atom. The third-order valence-electron chi connectivity index (χ3n) is 2.61. The van der Waals surface area contributed by atoms with Crippen LogP contribution >= 0.6 is 0 Å². The molecule has 0 atom stereocenters. The van der Waals surface area contributed by atoms with Gasteiger partial charge in [-0.05, 0) is 45.4 Å². The van der Waals surface area contributed by atoms with E-state index in [2.05, 4.69) is 4.72 Å². The molecule has 0 bridgehead atoms. The van der Waals surface area contributed by atoms with Crippen molar-refractivity contribution in [1.82, 2.24) is 0 Å². The summed E-state index contributed by atoms with van der Waals surface area (Å²) in [5, 5.41) is 8.97. The lowest BCUT2D eigenvalue weighted by Gasteiger charge is -2.21. The van der Waals surface area contributed by atoms with Gasteiger partial charge in [-0.15, -0.1) is 0 Å². The summed E-state index contributed by atoms with van der Waals surface area (Å²) >= 11 is 0. The van der Waals surface area contributed by atoms with Gasteiger partial charge in [-0.1, -0.05) is 6.07 Å². The van der Waals surface area contributed by atoms with E-state index in [9.17, 15) is 13.2 Å². The topological polar surface area (TPSA) is 83.5 Å². The van der Waals surface area contributed by atoms with Crippen LogP contribution in [0.3, 0.4) is 0 Å². The molecule has 6 heteroatoms. The second kappa shape index (κ2) is 4.61. The number of sulfonamides is 1. The molecule has 0 aliphatic carbocycles. The lowest BCUT2D eigenvalue weighted by Crippen LogP contribution is -2.34. The highest BCUT2D eigenvalue weighted by Gasteiger charge is 2.29. The van der Waals surface area contributed by atoms with Crippen molar-refractivity contribution in [1.29, 1.82) is 0 Å². The van der Waals surface area contributed by atoms with Crippen LogP contribution in [0.25, 0.3) is 0 Å². The number of anilines is 1. The molecular formula is C12H17NO4S. The molecule has 2 N–H and O–H groups in total. The second-order valence-corrected chi connectivity index (χ2v) is 7.44. The molecule has 5 nitrogen and oxygen atoms in total. The Balaban J connectivity index is 3.23. The summed E-state index contributed by atoms with van der Waals surface area (Å²) in [6.07, 6.45) is 0. The Morgan fingerprint density at radius 3 is 2.28 bits per heavy atom. The Bertz CT molecular complexity index is 570. The molecule has 0 unspecified atom stereocenters. The van der Waals surface area contributed by atoms with Gasteiger partial charge < -0.3 is 5.11 Å². The normalized spacial score (nSPS) is 12.2. The Hall–Kier alpha value is -1.56. The zero-order valence-corrected chi connectivity index (χ0v) is 11.6. The molecule has 18 heavy (non-hydrogen) atoms. The molecule has 1 rings (SSSR count). The van der Waals surface area contributed by atoms with Gasteiger partial charge >= 0.3 is 5.97 Å². The zero-order valence-electron chi connectivity index (χ0n) is 10.8. The van der Waals surface area contributed by atoms with E-state index < -0.39 is 20.7 Å². The van der Waals surface area contributed by atoms with Crippen LogP contribution < -0.4 is 4.72 Å². The second-order valence-electron chi connectivity index (χ2n) is 5.00. The minimum atomic E-state index is -3.56. The zero-order chi connectivity index (χ0) is 14.1. The van der Waals surface area contributed by atoms with Crippen molar-refractivity contribution in [3.8, 4) is 0 Å². The summed E-state index contributed by atoms with van der Waals surface area (Å²) in [5.41, 5.74) is 0.784. The predicted octanol–water partition coefficient (Wildman–Crippen LogP) is 2.23. The lowest BCUT2D eigenvalue weighted by atomic mass is 10.1. The average molecular weight is 271 g/mol. The molecule has 0 spiro atoms. The van der Waals surface area contributed by atoms with E-state index in [1.165, 1.54) is 12.1 Å². The number of carboxylic acid groups (broad SMARTS) is 1. The number of carbonyl (C=O) groups is 1. The summed E-state index contributed by atoms with van der Waals surface area (Å²) < 4.78 is 25.5. The van der Waals surface area contributed by atoms with Crippen LogP contribution in [-0.2, 0) is 10.0 Å². The molecule has 0 radical (unpaired) electrons. The number of benzene rings is 1. The fourth-order valence-corrected chi connectivity index (χ4v) is 2.09. The number of carboxylic acids is 1. The summed E-state index contributed by atoms with van der Waals surface area (Å²) in [7, 11) is -3.56. The van der Waals surface area contributed by atoms with Crippen molar-refractivity contribution in [2.45, 2.75) is 32.4 Å². The molecule has 0 saturated carbocycles. The van der Waals surface area contributed by atoms with Crippen LogP contribution in [0.1, 0.15) is 36.7 Å². The van der Waals surface area contributed by atoms with Crippen molar-refractivity contribution < 1.29 is 18.3 Å². The molecular weight excluding hydrogens is 254 g/mol. The first-order valence-corrected chi connectivity index (χ1v) is 6.90. The van der Waals surface area contributed by atoms with E-state index in [0.29, 0.717) is 11.3 Å². The summed E-state index contributed by atoms with van der Waals surface area (Å²) in [5.74, 6) is -1.08. The number of hydrogen-bond acceptors (Lipinski definition) is 3. The number of rotatable bonds is 3. The van der Waals surface area contributed by atoms with Gasteiger partial charge in [0.25, 0.3) is 0 Å². The Kier molecular flexibility index (Phi) is 3.71. The SMILES string of the molecule is Cc1c(NS(=O)(=O)C(C)(C)C)cccc1C(=O)O. The standard InChI is InChI=1S/C12H17NO4S/c1-8-9(11(14)15)6-5-7-10(8)13-18(16,17)12(2,3)4/h5-7,13H,1-4H3,(H,14,15). The van der Waals surface area contributed by atoms with E-state index in [0.717, 1.165) is 0 Å². The van der Waals surface area contributed by atoms with E-state index in [1.807, 2.05) is 0 Å². The van der Waals surface area contributed by atoms with Crippen molar-refractivity contribution in [3.05, 3.63) is 29.3 Å². The molecule has 0 heterocycles. The third kappa shape index (κ3) is 2.81. The van der Waals surface area contributed by atoms with E-state index in [1.54, 1.807) is 33.8 Å². The van der Waals surface area contributed by atoms with Gasteiger partial charge in [-0.2, -0.15) is 0 Å². The minimum Gasteiger partial charge on any atom is -0.478 e. The van der Waals surface area contributed by atoms with Gasteiger partial charge in [0.2, 0.25) is 10.0 Å². The van der Waals surface area contributed by atoms with Crippen LogP contribution in [0.15, 0.2) is 18.2 Å². The van der Waals surface area contributed by atoms with Gasteiger partial charge in [-0.3, -0.25) is 4.72 Å². The predicted molar refractivity (Wildman–Crippen MR) is 70.4 cm³/mol. The van der Waals surface area contributed by atoms with Crippen LogP contribution in [0, 0.1) is 6.92 Å². The van der Waals surface area contributed by atoms with Crippen LogP contribution in [0.4, 0.5) is 5.69 Å². The van der Waals surface area contributed by atoms with Gasteiger partial charge in [0.1, 0.15) is 0 Å². The fraction of sp³-hybridized carbons (Fsp3) is 0.417. The van der Waals surface area contributed by atoms with Gasteiger partial charge in [-0.25, -0.2) is 13.2 Å². The van der Waals surface area contributed by atoms with Gasteiger partial charge in [0, 0.05) is 0 Å². The number of aromatic carboxylic acids is 1. The summed E-state index contributed by atoms with van der Waals surface area (Å²) in [6.45, 7) is 6.30. The van der Waals surface area contributed by atoms with E-state index >= 15 is 0 Å². The van der Waals surface area contributed by atoms with E-state index in [-0.39, 0.29) is 5.56 Å². The lowest BCUT2D eigenvalue weighted by molar-refractivity contribution is 0.0696. The van der Waals surface area contributed by atoms with Crippen LogP contribution in [0.5, 0.6) is 0 Å². The van der Waals surface area contributed by atoms with Gasteiger partial charge in [0.15, 0.2) is 0 Å². The van der Waals surface area contributed by atoms with Crippen molar-refractivity contribution in [3.63, 3.8) is 0 Å². The summed E-state index contributed by atoms with van der Waals surface area (Å²) in [6, 6.07) is 4.49. The monoisotopic (exact) mass is 271 g/mol. The molecule has 0 fully saturated rings. The molecule has 0 aliphatic heterocycles. The van der Waals surface area contributed by atoms with Crippen LogP contribution in [-0.4, -0.2) is 24.2 Å². The van der Waals surface area contributed by atoms with Crippen molar-refractivity contribution >= 4 is 21.7 Å². The Labute approximate surface area is 107 Å². The highest BCUT2D eigenvalue weighted by atomic mass is 32.2. The molecule has 0 saturated heterocycles. The van der Waals surface area contributed by atoms with E-state index in [4.69, 9.17) is 5.11 Å². The Morgan fingerprint density at radius 2 is 1.83 bits per heavy atom. The maximum Gasteiger partial charge on any atom is 0.336 e. The quantitative estimate of drug-likeness (QED) is 0.883.